The van der Waals surface area contributed by atoms with E-state index in [0.29, 0.717) is 6.79 Å². The first-order valence-electron chi connectivity index (χ1n) is 5.58. The number of rotatable bonds is 3. The molecule has 1 atom stereocenters. The van der Waals surface area contributed by atoms with Crippen molar-refractivity contribution < 1.29 is 9.47 Å². The number of halogens is 2. The van der Waals surface area contributed by atoms with Gasteiger partial charge in [-0.05, 0) is 30.0 Å². The van der Waals surface area contributed by atoms with Crippen LogP contribution in [0.25, 0.3) is 0 Å². The minimum Gasteiger partial charge on any atom is -0.454 e. The minimum absolute atomic E-state index is 0. The molecule has 3 rings (SSSR count). The van der Waals surface area contributed by atoms with Gasteiger partial charge in [0.15, 0.2) is 11.5 Å². The van der Waals surface area contributed by atoms with Crippen molar-refractivity contribution in [3.8, 4) is 11.5 Å². The van der Waals surface area contributed by atoms with Crippen molar-refractivity contribution in [2.24, 2.45) is 11.7 Å². The van der Waals surface area contributed by atoms with Crippen LogP contribution in [0.1, 0.15) is 30.9 Å². The zero-order chi connectivity index (χ0) is 11.1. The fourth-order valence-corrected chi connectivity index (χ4v) is 2.67. The van der Waals surface area contributed by atoms with Gasteiger partial charge in [0.05, 0.1) is 0 Å². The summed E-state index contributed by atoms with van der Waals surface area (Å²) in [6.45, 7) is 0.309. The monoisotopic (exact) mass is 319 g/mol. The van der Waals surface area contributed by atoms with E-state index in [1.165, 1.54) is 12.8 Å². The van der Waals surface area contributed by atoms with Crippen LogP contribution in [0.15, 0.2) is 16.6 Å². The maximum Gasteiger partial charge on any atom is 0.231 e. The van der Waals surface area contributed by atoms with Crippen molar-refractivity contribution in [3.05, 3.63) is 22.2 Å². The van der Waals surface area contributed by atoms with Crippen LogP contribution in [-0.2, 0) is 0 Å². The average Bonchev–Trinajstić information content (AvgIpc) is 2.94. The van der Waals surface area contributed by atoms with Crippen LogP contribution < -0.4 is 15.2 Å². The molecule has 2 N–H and O–H groups in total. The average molecular weight is 321 g/mol. The van der Waals surface area contributed by atoms with E-state index < -0.39 is 0 Å². The lowest BCUT2D eigenvalue weighted by Gasteiger charge is -2.14. The van der Waals surface area contributed by atoms with E-state index in [1.54, 1.807) is 0 Å². The van der Waals surface area contributed by atoms with Gasteiger partial charge in [-0.3, -0.25) is 0 Å². The van der Waals surface area contributed by atoms with Gasteiger partial charge in [0, 0.05) is 10.5 Å². The number of hydrogen-bond donors (Lipinski definition) is 1. The molecule has 0 spiro atoms. The largest absolute Gasteiger partial charge is 0.454 e. The molecule has 1 heterocycles. The third-order valence-electron chi connectivity index (χ3n) is 3.18. The Morgan fingerprint density at radius 1 is 1.29 bits per heavy atom. The zero-order valence-electron chi connectivity index (χ0n) is 9.32. The lowest BCUT2D eigenvalue weighted by molar-refractivity contribution is 0.174. The number of ether oxygens (including phenoxy) is 2. The van der Waals surface area contributed by atoms with Crippen LogP contribution in [0.2, 0.25) is 0 Å². The van der Waals surface area contributed by atoms with Gasteiger partial charge in [0.2, 0.25) is 6.79 Å². The highest BCUT2D eigenvalue weighted by atomic mass is 79.9. The summed E-state index contributed by atoms with van der Waals surface area (Å²) in [4.78, 5) is 0. The third kappa shape index (κ3) is 2.69. The Hall–Kier alpha value is -0.450. The molecule has 1 aliphatic heterocycles. The van der Waals surface area contributed by atoms with Crippen LogP contribution in [0, 0.1) is 5.92 Å². The molecule has 1 fully saturated rings. The van der Waals surface area contributed by atoms with Crippen LogP contribution >= 0.6 is 28.3 Å². The Bertz CT molecular complexity index is 423. The summed E-state index contributed by atoms with van der Waals surface area (Å²) < 4.78 is 11.7. The molecule has 1 aliphatic carbocycles. The Labute approximate surface area is 115 Å². The van der Waals surface area contributed by atoms with E-state index in [1.807, 2.05) is 12.1 Å². The molecule has 1 aromatic rings. The van der Waals surface area contributed by atoms with E-state index in [9.17, 15) is 0 Å². The smallest absolute Gasteiger partial charge is 0.231 e. The van der Waals surface area contributed by atoms with Crippen LogP contribution in [0.4, 0.5) is 0 Å². The fraction of sp³-hybridized carbons (Fsp3) is 0.500. The van der Waals surface area contributed by atoms with Gasteiger partial charge in [-0.15, -0.1) is 12.4 Å². The Morgan fingerprint density at radius 3 is 2.59 bits per heavy atom. The molecule has 0 aromatic heterocycles. The van der Waals surface area contributed by atoms with Gasteiger partial charge in [-0.2, -0.15) is 0 Å². The maximum atomic E-state index is 6.20. The van der Waals surface area contributed by atoms with Gasteiger partial charge >= 0.3 is 0 Å². The summed E-state index contributed by atoms with van der Waals surface area (Å²) in [5, 5.41) is 0. The summed E-state index contributed by atoms with van der Waals surface area (Å²) >= 11 is 3.55. The molecule has 0 bridgehead atoms. The first-order valence-corrected chi connectivity index (χ1v) is 6.38. The molecular formula is C12H15BrClNO2. The van der Waals surface area contributed by atoms with Gasteiger partial charge in [-0.1, -0.05) is 28.8 Å². The summed E-state index contributed by atoms with van der Waals surface area (Å²) in [7, 11) is 0. The molecular weight excluding hydrogens is 305 g/mol. The molecule has 0 amide bonds. The molecule has 94 valence electrons. The first kappa shape index (κ1) is 13.0. The number of benzene rings is 1. The van der Waals surface area contributed by atoms with E-state index >= 15 is 0 Å². The molecule has 1 saturated carbocycles. The zero-order valence-corrected chi connectivity index (χ0v) is 11.7. The second-order valence-electron chi connectivity index (χ2n) is 4.51. The lowest BCUT2D eigenvalue weighted by atomic mass is 10.0. The molecule has 5 heteroatoms. The predicted octanol–water partition coefficient (Wildman–Crippen LogP) is 3.40. The quantitative estimate of drug-likeness (QED) is 0.928. The predicted molar refractivity (Wildman–Crippen MR) is 71.8 cm³/mol. The summed E-state index contributed by atoms with van der Waals surface area (Å²) in [5.41, 5.74) is 7.33. The van der Waals surface area contributed by atoms with Gasteiger partial charge in [0.1, 0.15) is 0 Å². The molecule has 17 heavy (non-hydrogen) atoms. The SMILES string of the molecule is Cl.N[C@H](CC1CC1)c1cc2c(cc1Br)OCO2. The van der Waals surface area contributed by atoms with Crippen LogP contribution in [-0.4, -0.2) is 6.79 Å². The second-order valence-corrected chi connectivity index (χ2v) is 5.37. The van der Waals surface area contributed by atoms with Crippen molar-refractivity contribution >= 4 is 28.3 Å². The van der Waals surface area contributed by atoms with Crippen LogP contribution in [0.5, 0.6) is 11.5 Å². The topological polar surface area (TPSA) is 44.5 Å². The van der Waals surface area contributed by atoms with Gasteiger partial charge < -0.3 is 15.2 Å². The standard InChI is InChI=1S/C12H14BrNO2.ClH/c13-9-5-12-11(15-6-16-12)4-8(9)10(14)3-7-1-2-7;/h4-5,7,10H,1-3,6,14H2;1H/t10-;/m1./s1. The summed E-state index contributed by atoms with van der Waals surface area (Å²) in [6.07, 6.45) is 3.73. The third-order valence-corrected chi connectivity index (χ3v) is 3.86. The molecule has 0 saturated heterocycles. The Kier molecular flexibility index (Phi) is 3.85. The van der Waals surface area contributed by atoms with E-state index in [0.717, 1.165) is 33.9 Å². The number of fused-ring (bicyclic) bond motifs is 1. The van der Waals surface area contributed by atoms with Crippen molar-refractivity contribution in [3.63, 3.8) is 0 Å². The molecule has 0 unspecified atom stereocenters. The highest BCUT2D eigenvalue weighted by Gasteiger charge is 2.26. The van der Waals surface area contributed by atoms with Crippen molar-refractivity contribution in [2.75, 3.05) is 6.79 Å². The van der Waals surface area contributed by atoms with Crippen molar-refractivity contribution in [1.29, 1.82) is 0 Å². The lowest BCUT2D eigenvalue weighted by Crippen LogP contribution is -2.11. The second kappa shape index (κ2) is 5.04. The normalized spacial score (nSPS) is 18.7. The highest BCUT2D eigenvalue weighted by Crippen LogP contribution is 2.42. The van der Waals surface area contributed by atoms with E-state index in [-0.39, 0.29) is 18.4 Å². The Balaban J connectivity index is 0.00000108. The Morgan fingerprint density at radius 2 is 1.94 bits per heavy atom. The van der Waals surface area contributed by atoms with Crippen molar-refractivity contribution in [2.45, 2.75) is 25.3 Å². The molecule has 2 aliphatic rings. The van der Waals surface area contributed by atoms with Gasteiger partial charge in [-0.25, -0.2) is 0 Å². The maximum absolute atomic E-state index is 6.20. The summed E-state index contributed by atoms with van der Waals surface area (Å²) in [6, 6.07) is 4.04. The number of nitrogens with two attached hydrogens (primary N) is 1. The highest BCUT2D eigenvalue weighted by molar-refractivity contribution is 9.10. The van der Waals surface area contributed by atoms with Crippen LogP contribution in [0.3, 0.4) is 0 Å². The fourth-order valence-electron chi connectivity index (χ4n) is 2.06. The van der Waals surface area contributed by atoms with Gasteiger partial charge in [0.25, 0.3) is 0 Å². The first-order chi connectivity index (χ1) is 7.74. The van der Waals surface area contributed by atoms with E-state index in [2.05, 4.69) is 15.9 Å². The number of hydrogen-bond acceptors (Lipinski definition) is 3. The van der Waals surface area contributed by atoms with Crippen molar-refractivity contribution in [1.82, 2.24) is 0 Å². The molecule has 3 nitrogen and oxygen atoms in total. The summed E-state index contributed by atoms with van der Waals surface area (Å²) in [5.74, 6) is 2.44. The molecule has 0 radical (unpaired) electrons. The molecule has 1 aromatic carbocycles. The van der Waals surface area contributed by atoms with E-state index in [4.69, 9.17) is 15.2 Å². The minimum atomic E-state index is 0.